The van der Waals surface area contributed by atoms with Crippen LogP contribution in [0.1, 0.15) is 277 Å². The lowest BCUT2D eigenvalue weighted by Gasteiger charge is -2.29. The summed E-state index contributed by atoms with van der Waals surface area (Å²) in [6, 6.07) is 0. The van der Waals surface area contributed by atoms with Crippen molar-refractivity contribution in [3.8, 4) is 0 Å². The summed E-state index contributed by atoms with van der Waals surface area (Å²) in [5.74, 6) is -0.0679. The van der Waals surface area contributed by atoms with E-state index in [1.807, 2.05) is 0 Å². The summed E-state index contributed by atoms with van der Waals surface area (Å²) in [6.07, 6.45) is 48.1. The van der Waals surface area contributed by atoms with Gasteiger partial charge in [0.2, 0.25) is 0 Å². The number of aliphatic hydroxyl groups is 1. The molecule has 57 heavy (non-hydrogen) atoms. The van der Waals surface area contributed by atoms with Gasteiger partial charge in [0.15, 0.2) is 0 Å². The summed E-state index contributed by atoms with van der Waals surface area (Å²) in [4.78, 5) is 26.6. The Bertz CT molecular complexity index is 776. The highest BCUT2D eigenvalue weighted by Gasteiger charge is 2.25. The van der Waals surface area contributed by atoms with Gasteiger partial charge >= 0.3 is 11.9 Å². The third-order valence-corrected chi connectivity index (χ3v) is 12.1. The summed E-state index contributed by atoms with van der Waals surface area (Å²) in [7, 11) is 4.22. The first-order valence-corrected chi connectivity index (χ1v) is 25.5. The van der Waals surface area contributed by atoms with Crippen molar-refractivity contribution in [3.05, 3.63) is 0 Å². The normalized spacial score (nSPS) is 11.8. The minimum Gasteiger partial charge on any atom is -0.466 e. The number of unbranched alkanes of at least 4 members (excludes halogenated alkanes) is 31. The molecule has 0 radical (unpaired) electrons. The Morgan fingerprint density at radius 3 is 0.965 bits per heavy atom. The van der Waals surface area contributed by atoms with Gasteiger partial charge in [-0.1, -0.05) is 206 Å². The molecule has 0 rings (SSSR count). The minimum absolute atomic E-state index is 0.0339. The Labute approximate surface area is 356 Å². The monoisotopic (exact) mass is 808 g/mol. The van der Waals surface area contributed by atoms with Crippen LogP contribution in [-0.4, -0.2) is 61.4 Å². The second-order valence-corrected chi connectivity index (χ2v) is 18.2. The third-order valence-electron chi connectivity index (χ3n) is 12.1. The molecule has 0 aliphatic heterocycles. The standard InChI is InChI=1S/C51H101NO5/c1-5-7-9-11-13-15-17-19-21-23-25-27-33-41-49(53)56-47-39-31-29-35-43-51(55,45-37-38-46-52(3)4)44-36-30-32-40-48-57-50(54)42-34-28-26-24-22-20-18-16-14-12-10-8-6-2/h55H,5-48H2,1-4H3. The SMILES string of the molecule is CCCCCCCCCCCCCCCC(=O)OCCCCCCC(O)(CCCCCCOC(=O)CCCCCCCCCCCCCCC)CCCCN(C)C. The molecule has 6 heteroatoms. The fourth-order valence-electron chi connectivity index (χ4n) is 8.17. The molecule has 0 amide bonds. The molecule has 0 atom stereocenters. The number of ether oxygens (including phenoxy) is 2. The van der Waals surface area contributed by atoms with Gasteiger partial charge in [-0.2, -0.15) is 0 Å². The van der Waals surface area contributed by atoms with Gasteiger partial charge in [0, 0.05) is 12.8 Å². The summed E-state index contributed by atoms with van der Waals surface area (Å²) in [5, 5.41) is 11.6. The van der Waals surface area contributed by atoms with Crippen molar-refractivity contribution in [1.82, 2.24) is 4.90 Å². The van der Waals surface area contributed by atoms with Crippen molar-refractivity contribution in [3.63, 3.8) is 0 Å². The molecule has 1 N–H and O–H groups in total. The van der Waals surface area contributed by atoms with E-state index in [1.54, 1.807) is 0 Å². The van der Waals surface area contributed by atoms with E-state index in [0.717, 1.165) is 116 Å². The molecule has 0 unspecified atom stereocenters. The first kappa shape index (κ1) is 55.9. The van der Waals surface area contributed by atoms with Gasteiger partial charge in [-0.25, -0.2) is 0 Å². The second kappa shape index (κ2) is 44.4. The smallest absolute Gasteiger partial charge is 0.305 e. The van der Waals surface area contributed by atoms with E-state index in [9.17, 15) is 14.7 Å². The Balaban J connectivity index is 3.89. The zero-order valence-corrected chi connectivity index (χ0v) is 39.1. The van der Waals surface area contributed by atoms with Crippen molar-refractivity contribution in [1.29, 1.82) is 0 Å². The minimum atomic E-state index is -0.590. The van der Waals surface area contributed by atoms with Crippen LogP contribution in [0.3, 0.4) is 0 Å². The van der Waals surface area contributed by atoms with E-state index in [1.165, 1.54) is 141 Å². The van der Waals surface area contributed by atoms with Gasteiger partial charge in [0.1, 0.15) is 0 Å². The van der Waals surface area contributed by atoms with Crippen LogP contribution in [0.5, 0.6) is 0 Å². The largest absolute Gasteiger partial charge is 0.466 e. The maximum atomic E-state index is 12.2. The van der Waals surface area contributed by atoms with Crippen molar-refractivity contribution in [2.75, 3.05) is 33.9 Å². The van der Waals surface area contributed by atoms with Crippen LogP contribution in [0.25, 0.3) is 0 Å². The van der Waals surface area contributed by atoms with Crippen LogP contribution >= 0.6 is 0 Å². The van der Waals surface area contributed by atoms with Gasteiger partial charge in [-0.05, 0) is 78.4 Å². The Kier molecular flexibility index (Phi) is 43.5. The van der Waals surface area contributed by atoms with Gasteiger partial charge < -0.3 is 19.5 Å². The average molecular weight is 808 g/mol. The summed E-state index contributed by atoms with van der Waals surface area (Å²) in [6.45, 7) is 6.67. The van der Waals surface area contributed by atoms with Crippen LogP contribution in [0, 0.1) is 0 Å². The quantitative estimate of drug-likeness (QED) is 0.0487. The van der Waals surface area contributed by atoms with E-state index in [0.29, 0.717) is 26.1 Å². The number of rotatable bonds is 47. The highest BCUT2D eigenvalue weighted by atomic mass is 16.5. The lowest BCUT2D eigenvalue weighted by atomic mass is 9.85. The van der Waals surface area contributed by atoms with Crippen molar-refractivity contribution in [2.45, 2.75) is 283 Å². The van der Waals surface area contributed by atoms with Gasteiger partial charge in [0.25, 0.3) is 0 Å². The topological polar surface area (TPSA) is 76.1 Å². The molecule has 0 heterocycles. The number of hydrogen-bond donors (Lipinski definition) is 1. The van der Waals surface area contributed by atoms with Gasteiger partial charge in [0.05, 0.1) is 18.8 Å². The second-order valence-electron chi connectivity index (χ2n) is 18.2. The molecule has 0 saturated heterocycles. The number of nitrogens with zero attached hydrogens (tertiary/aromatic N) is 1. The number of carbonyl (C=O) groups excluding carboxylic acids is 2. The van der Waals surface area contributed by atoms with Crippen LogP contribution < -0.4 is 0 Å². The average Bonchev–Trinajstić information content (AvgIpc) is 3.19. The maximum absolute atomic E-state index is 12.2. The highest BCUT2D eigenvalue weighted by molar-refractivity contribution is 5.69. The Morgan fingerprint density at radius 2 is 0.649 bits per heavy atom. The van der Waals surface area contributed by atoms with Crippen molar-refractivity contribution >= 4 is 11.9 Å². The van der Waals surface area contributed by atoms with Crippen molar-refractivity contribution in [2.24, 2.45) is 0 Å². The fraction of sp³-hybridized carbons (Fsp3) is 0.961. The summed E-state index contributed by atoms with van der Waals surface area (Å²) < 4.78 is 11.0. The number of hydrogen-bond acceptors (Lipinski definition) is 6. The Hall–Kier alpha value is -1.14. The Morgan fingerprint density at radius 1 is 0.386 bits per heavy atom. The van der Waals surface area contributed by atoms with Gasteiger partial charge in [-0.15, -0.1) is 0 Å². The number of esters is 2. The predicted molar refractivity (Wildman–Crippen MR) is 246 cm³/mol. The highest BCUT2D eigenvalue weighted by Crippen LogP contribution is 2.28. The first-order chi connectivity index (χ1) is 27.8. The van der Waals surface area contributed by atoms with E-state index in [-0.39, 0.29) is 11.9 Å². The molecule has 0 aromatic carbocycles. The van der Waals surface area contributed by atoms with E-state index >= 15 is 0 Å². The molecule has 0 aliphatic rings. The molecule has 0 aromatic heterocycles. The molecule has 0 aliphatic carbocycles. The van der Waals surface area contributed by atoms with Crippen LogP contribution in [-0.2, 0) is 19.1 Å². The molecule has 0 aromatic rings. The van der Waals surface area contributed by atoms with Crippen LogP contribution in [0.4, 0.5) is 0 Å². The predicted octanol–water partition coefficient (Wildman–Crippen LogP) is 15.4. The molecular formula is C51H101NO5. The molecule has 6 nitrogen and oxygen atoms in total. The van der Waals surface area contributed by atoms with Gasteiger partial charge in [-0.3, -0.25) is 9.59 Å². The molecule has 0 bridgehead atoms. The van der Waals surface area contributed by atoms with Crippen LogP contribution in [0.15, 0.2) is 0 Å². The maximum Gasteiger partial charge on any atom is 0.305 e. The third kappa shape index (κ3) is 44.2. The van der Waals surface area contributed by atoms with E-state index < -0.39 is 5.60 Å². The van der Waals surface area contributed by atoms with Crippen molar-refractivity contribution < 1.29 is 24.2 Å². The summed E-state index contributed by atoms with van der Waals surface area (Å²) >= 11 is 0. The molecule has 340 valence electrons. The fourth-order valence-corrected chi connectivity index (χ4v) is 8.17. The molecular weight excluding hydrogens is 707 g/mol. The molecule has 0 saturated carbocycles. The number of carbonyl (C=O) groups is 2. The van der Waals surface area contributed by atoms with E-state index in [4.69, 9.17) is 9.47 Å². The van der Waals surface area contributed by atoms with E-state index in [2.05, 4.69) is 32.8 Å². The zero-order chi connectivity index (χ0) is 41.8. The lowest BCUT2D eigenvalue weighted by Crippen LogP contribution is -2.29. The lowest BCUT2D eigenvalue weighted by molar-refractivity contribution is -0.144. The first-order valence-electron chi connectivity index (χ1n) is 25.5. The molecule has 0 fully saturated rings. The van der Waals surface area contributed by atoms with Crippen LogP contribution in [0.2, 0.25) is 0 Å². The molecule has 0 spiro atoms. The summed E-state index contributed by atoms with van der Waals surface area (Å²) in [5.41, 5.74) is -0.590. The zero-order valence-electron chi connectivity index (χ0n) is 39.1.